The Morgan fingerprint density at radius 1 is 1.29 bits per heavy atom. The summed E-state index contributed by atoms with van der Waals surface area (Å²) < 4.78 is 2.18. The van der Waals surface area contributed by atoms with Crippen LogP contribution in [0.2, 0.25) is 0 Å². The quantitative estimate of drug-likeness (QED) is 0.520. The second-order valence-corrected chi connectivity index (χ2v) is 9.47. The van der Waals surface area contributed by atoms with Crippen LogP contribution in [0.3, 0.4) is 0 Å². The number of nitrogens with zero attached hydrogens (tertiary/aromatic N) is 4. The number of nitrogens with one attached hydrogen (secondary N) is 1. The molecular weight excluding hydrogens is 432 g/mol. The molecule has 3 heterocycles. The number of thiophene rings is 1. The molecular formula is C21H24N6O2S2. The molecule has 1 aliphatic carbocycles. The molecule has 0 aromatic carbocycles. The minimum absolute atomic E-state index is 0.155. The normalized spacial score (nSPS) is 18.6. The largest absolute Gasteiger partial charge is 0.366 e. The van der Waals surface area contributed by atoms with E-state index >= 15 is 0 Å². The molecule has 0 saturated heterocycles. The lowest BCUT2D eigenvalue weighted by Crippen LogP contribution is -2.23. The summed E-state index contributed by atoms with van der Waals surface area (Å²) in [6, 6.07) is 5.75. The number of carbonyl (C=O) groups excluding carboxylic acids is 2. The molecule has 1 saturated carbocycles. The fourth-order valence-electron chi connectivity index (χ4n) is 3.94. The maximum absolute atomic E-state index is 12.5. The van der Waals surface area contributed by atoms with Crippen molar-refractivity contribution in [2.75, 3.05) is 11.1 Å². The summed E-state index contributed by atoms with van der Waals surface area (Å²) in [4.78, 5) is 28.2. The Bertz CT molecular complexity index is 1070. The average molecular weight is 457 g/mol. The van der Waals surface area contributed by atoms with Crippen molar-refractivity contribution >= 4 is 39.9 Å². The van der Waals surface area contributed by atoms with Crippen molar-refractivity contribution in [1.29, 1.82) is 0 Å². The van der Waals surface area contributed by atoms with Crippen LogP contribution in [0.25, 0.3) is 11.4 Å². The molecule has 1 aliphatic rings. The van der Waals surface area contributed by atoms with Gasteiger partial charge in [-0.1, -0.05) is 31.5 Å². The summed E-state index contributed by atoms with van der Waals surface area (Å²) in [5.74, 6) is 0.657. The molecule has 4 rings (SSSR count). The number of amides is 2. The summed E-state index contributed by atoms with van der Waals surface area (Å²) in [7, 11) is 0. The number of carbonyl (C=O) groups is 2. The summed E-state index contributed by atoms with van der Waals surface area (Å²) in [6.07, 6.45) is 8.14. The molecule has 162 valence electrons. The van der Waals surface area contributed by atoms with E-state index in [2.05, 4.69) is 32.0 Å². The van der Waals surface area contributed by atoms with Crippen molar-refractivity contribution < 1.29 is 9.59 Å². The molecule has 3 aromatic rings. The van der Waals surface area contributed by atoms with Crippen LogP contribution >= 0.6 is 23.1 Å². The van der Waals surface area contributed by atoms with Crippen LogP contribution in [-0.4, -0.2) is 37.3 Å². The number of anilines is 1. The molecule has 31 heavy (non-hydrogen) atoms. The number of thioether (sulfide) groups is 1. The Hall–Kier alpha value is -2.72. The fraction of sp³-hybridized carbons (Fsp3) is 0.381. The van der Waals surface area contributed by atoms with Gasteiger partial charge < -0.3 is 11.1 Å². The summed E-state index contributed by atoms with van der Waals surface area (Å²) in [5.41, 5.74) is 6.59. The summed E-state index contributed by atoms with van der Waals surface area (Å²) in [6.45, 7) is 2.26. The van der Waals surface area contributed by atoms with E-state index in [-0.39, 0.29) is 17.7 Å². The molecule has 0 aliphatic heterocycles. The number of aromatic nitrogens is 4. The molecule has 0 spiro atoms. The van der Waals surface area contributed by atoms with Gasteiger partial charge in [-0.2, -0.15) is 0 Å². The van der Waals surface area contributed by atoms with Crippen LogP contribution in [-0.2, 0) is 4.79 Å². The molecule has 0 radical (unpaired) electrons. The van der Waals surface area contributed by atoms with Crippen molar-refractivity contribution in [3.63, 3.8) is 0 Å². The first-order chi connectivity index (χ1) is 15.0. The van der Waals surface area contributed by atoms with Crippen molar-refractivity contribution in [2.45, 2.75) is 43.8 Å². The van der Waals surface area contributed by atoms with E-state index in [4.69, 9.17) is 5.73 Å². The highest BCUT2D eigenvalue weighted by Gasteiger charge is 2.29. The number of pyridine rings is 1. The van der Waals surface area contributed by atoms with Crippen molar-refractivity contribution in [1.82, 2.24) is 19.7 Å². The lowest BCUT2D eigenvalue weighted by Gasteiger charge is -2.31. The lowest BCUT2D eigenvalue weighted by molar-refractivity contribution is -0.113. The zero-order valence-corrected chi connectivity index (χ0v) is 18.8. The first kappa shape index (κ1) is 21.5. The van der Waals surface area contributed by atoms with Crippen molar-refractivity contribution in [2.24, 2.45) is 11.7 Å². The van der Waals surface area contributed by atoms with E-state index in [1.807, 2.05) is 12.1 Å². The van der Waals surface area contributed by atoms with Gasteiger partial charge in [-0.3, -0.25) is 19.1 Å². The highest BCUT2D eigenvalue weighted by Crippen LogP contribution is 2.38. The molecule has 8 nitrogen and oxygen atoms in total. The maximum atomic E-state index is 12.5. The smallest absolute Gasteiger partial charge is 0.251 e. The molecule has 3 N–H and O–H groups in total. The lowest BCUT2D eigenvalue weighted by atomic mass is 9.85. The van der Waals surface area contributed by atoms with Gasteiger partial charge in [0, 0.05) is 24.0 Å². The van der Waals surface area contributed by atoms with Gasteiger partial charge >= 0.3 is 0 Å². The van der Waals surface area contributed by atoms with Gasteiger partial charge in [0.1, 0.15) is 5.00 Å². The zero-order chi connectivity index (χ0) is 21.8. The third kappa shape index (κ3) is 4.80. The molecule has 2 amide bonds. The van der Waals surface area contributed by atoms with E-state index in [0.717, 1.165) is 24.2 Å². The standard InChI is InChI=1S/C21H24N6O2S2/c1-13-5-2-3-7-16(13)27-19(14-6-4-9-23-11-14)25-26-21(27)31-12-17(28)24-20-15(18(22)29)8-10-30-20/h4,6,8-11,13,16H,2-3,5,7,12H2,1H3,(H2,22,29)(H,24,28)/t13-,16-/m0/s1. The Morgan fingerprint density at radius 3 is 2.87 bits per heavy atom. The number of primary amides is 1. The van der Waals surface area contributed by atoms with E-state index < -0.39 is 5.91 Å². The van der Waals surface area contributed by atoms with Crippen LogP contribution in [0.1, 0.15) is 49.0 Å². The third-order valence-corrected chi connectivity index (χ3v) is 7.27. The van der Waals surface area contributed by atoms with Gasteiger partial charge in [0.2, 0.25) is 5.91 Å². The SMILES string of the molecule is C[C@H]1CCCC[C@@H]1n1c(SCC(=O)Nc2sccc2C(N)=O)nnc1-c1cccnc1. The van der Waals surface area contributed by atoms with Gasteiger partial charge in [0.25, 0.3) is 5.91 Å². The predicted molar refractivity (Wildman–Crippen MR) is 122 cm³/mol. The predicted octanol–water partition coefficient (Wildman–Crippen LogP) is 3.98. The molecule has 3 aromatic heterocycles. The molecule has 10 heteroatoms. The van der Waals surface area contributed by atoms with Gasteiger partial charge in [0.15, 0.2) is 11.0 Å². The van der Waals surface area contributed by atoms with Crippen LogP contribution in [0.5, 0.6) is 0 Å². The number of hydrogen-bond donors (Lipinski definition) is 2. The third-order valence-electron chi connectivity index (χ3n) is 5.50. The van der Waals surface area contributed by atoms with E-state index in [0.29, 0.717) is 21.6 Å². The van der Waals surface area contributed by atoms with Crippen LogP contribution in [0.15, 0.2) is 41.1 Å². The maximum Gasteiger partial charge on any atom is 0.251 e. The fourth-order valence-corrected chi connectivity index (χ4v) is 5.54. The molecule has 0 unspecified atom stereocenters. The highest BCUT2D eigenvalue weighted by molar-refractivity contribution is 7.99. The first-order valence-corrected chi connectivity index (χ1v) is 12.1. The van der Waals surface area contributed by atoms with Gasteiger partial charge in [-0.25, -0.2) is 0 Å². The van der Waals surface area contributed by atoms with Crippen LogP contribution < -0.4 is 11.1 Å². The van der Waals surface area contributed by atoms with E-state index in [1.54, 1.807) is 23.8 Å². The summed E-state index contributed by atoms with van der Waals surface area (Å²) >= 11 is 2.62. The number of rotatable bonds is 7. The van der Waals surface area contributed by atoms with Gasteiger partial charge in [-0.05, 0) is 42.3 Å². The second-order valence-electron chi connectivity index (χ2n) is 7.61. The highest BCUT2D eigenvalue weighted by atomic mass is 32.2. The van der Waals surface area contributed by atoms with Gasteiger partial charge in [-0.15, -0.1) is 21.5 Å². The monoisotopic (exact) mass is 456 g/mol. The first-order valence-electron chi connectivity index (χ1n) is 10.2. The van der Waals surface area contributed by atoms with Crippen molar-refractivity contribution in [3.8, 4) is 11.4 Å². The minimum atomic E-state index is -0.559. The Morgan fingerprint density at radius 2 is 2.13 bits per heavy atom. The topological polar surface area (TPSA) is 116 Å². The summed E-state index contributed by atoms with van der Waals surface area (Å²) in [5, 5.41) is 14.6. The van der Waals surface area contributed by atoms with Crippen molar-refractivity contribution in [3.05, 3.63) is 41.5 Å². The number of hydrogen-bond acceptors (Lipinski definition) is 7. The average Bonchev–Trinajstić information content (AvgIpc) is 3.40. The Balaban J connectivity index is 1.55. The molecule has 0 bridgehead atoms. The van der Waals surface area contributed by atoms with Crippen LogP contribution in [0.4, 0.5) is 5.00 Å². The van der Waals surface area contributed by atoms with Crippen LogP contribution in [0, 0.1) is 5.92 Å². The minimum Gasteiger partial charge on any atom is -0.366 e. The zero-order valence-electron chi connectivity index (χ0n) is 17.2. The second kappa shape index (κ2) is 9.61. The van der Waals surface area contributed by atoms with E-state index in [9.17, 15) is 9.59 Å². The van der Waals surface area contributed by atoms with Gasteiger partial charge in [0.05, 0.1) is 11.3 Å². The molecule has 2 atom stereocenters. The number of nitrogens with two attached hydrogens (primary N) is 1. The molecule has 1 fully saturated rings. The Labute approximate surface area is 188 Å². The van der Waals surface area contributed by atoms with E-state index in [1.165, 1.54) is 35.9 Å². The Kier molecular flexibility index (Phi) is 6.67.